The Bertz CT molecular complexity index is 828. The van der Waals surface area contributed by atoms with Crippen molar-refractivity contribution in [3.8, 4) is 5.75 Å². The van der Waals surface area contributed by atoms with Crippen LogP contribution in [0.5, 0.6) is 5.75 Å². The Labute approximate surface area is 157 Å². The summed E-state index contributed by atoms with van der Waals surface area (Å²) >= 11 is 0. The van der Waals surface area contributed by atoms with Gasteiger partial charge in [-0.05, 0) is 43.1 Å². The molecule has 1 aliphatic heterocycles. The van der Waals surface area contributed by atoms with E-state index in [1.807, 2.05) is 0 Å². The number of nitrogens with one attached hydrogen (secondary N) is 1. The third kappa shape index (κ3) is 4.62. The highest BCUT2D eigenvalue weighted by Crippen LogP contribution is 2.24. The van der Waals surface area contributed by atoms with Crippen molar-refractivity contribution in [1.29, 1.82) is 0 Å². The first-order chi connectivity index (χ1) is 13.1. The first-order valence-electron chi connectivity index (χ1n) is 8.84. The zero-order valence-electron chi connectivity index (χ0n) is 14.9. The molecule has 7 heteroatoms. The number of likely N-dealkylation sites (tertiary alicyclic amines) is 1. The van der Waals surface area contributed by atoms with Gasteiger partial charge < -0.3 is 20.7 Å². The Morgan fingerprint density at radius 1 is 1.19 bits per heavy atom. The number of hydrogen-bond donors (Lipinski definition) is 2. The molecule has 0 aromatic heterocycles. The predicted octanol–water partition coefficient (Wildman–Crippen LogP) is 2.26. The summed E-state index contributed by atoms with van der Waals surface area (Å²) in [4.78, 5) is 26.6. The minimum Gasteiger partial charge on any atom is -0.483 e. The fourth-order valence-corrected chi connectivity index (χ4v) is 3.04. The molecule has 0 saturated carbocycles. The number of anilines is 1. The third-order valence-electron chi connectivity index (χ3n) is 4.53. The van der Waals surface area contributed by atoms with Gasteiger partial charge >= 0.3 is 0 Å². The van der Waals surface area contributed by atoms with Crippen LogP contribution in [-0.4, -0.2) is 43.0 Å². The van der Waals surface area contributed by atoms with Gasteiger partial charge in [-0.2, -0.15) is 0 Å². The fraction of sp³-hybridized carbons (Fsp3) is 0.300. The highest BCUT2D eigenvalue weighted by Gasteiger charge is 2.27. The second kappa shape index (κ2) is 8.64. The molecule has 1 fully saturated rings. The molecule has 0 aliphatic carbocycles. The normalized spacial score (nSPS) is 16.2. The van der Waals surface area contributed by atoms with Crippen LogP contribution in [0.1, 0.15) is 16.8 Å². The smallest absolute Gasteiger partial charge is 0.262 e. The molecule has 27 heavy (non-hydrogen) atoms. The maximum Gasteiger partial charge on any atom is 0.262 e. The molecule has 3 rings (SSSR count). The first-order valence-corrected chi connectivity index (χ1v) is 8.84. The largest absolute Gasteiger partial charge is 0.483 e. The summed E-state index contributed by atoms with van der Waals surface area (Å²) in [6.45, 7) is 1.50. The fourth-order valence-electron chi connectivity index (χ4n) is 3.04. The number of rotatable bonds is 6. The van der Waals surface area contributed by atoms with Crippen molar-refractivity contribution >= 4 is 17.5 Å². The standard InChI is InChI=1S/C20H22FN3O3/c21-16-6-2-3-7-17(16)23-19(25)13-27-18-8-4-1-5-15(18)20(26)24-10-9-14(11-22)12-24/h1-8,14H,9-13,22H2,(H,23,25). The van der Waals surface area contributed by atoms with E-state index in [4.69, 9.17) is 10.5 Å². The van der Waals surface area contributed by atoms with Gasteiger partial charge in [-0.3, -0.25) is 9.59 Å². The van der Waals surface area contributed by atoms with Crippen LogP contribution in [-0.2, 0) is 4.79 Å². The van der Waals surface area contributed by atoms with Crippen molar-refractivity contribution in [2.24, 2.45) is 11.7 Å². The zero-order valence-corrected chi connectivity index (χ0v) is 14.9. The number of ether oxygens (including phenoxy) is 1. The van der Waals surface area contributed by atoms with Gasteiger partial charge in [-0.1, -0.05) is 24.3 Å². The summed E-state index contributed by atoms with van der Waals surface area (Å²) in [5.74, 6) is -0.538. The number of para-hydroxylation sites is 2. The molecule has 2 amide bonds. The third-order valence-corrected chi connectivity index (χ3v) is 4.53. The van der Waals surface area contributed by atoms with Crippen LogP contribution in [0, 0.1) is 11.7 Å². The highest BCUT2D eigenvalue weighted by atomic mass is 19.1. The molecular formula is C20H22FN3O3. The number of benzene rings is 2. The molecule has 1 saturated heterocycles. The van der Waals surface area contributed by atoms with E-state index in [0.717, 1.165) is 6.42 Å². The van der Waals surface area contributed by atoms with Crippen LogP contribution in [0.15, 0.2) is 48.5 Å². The van der Waals surface area contributed by atoms with E-state index in [2.05, 4.69) is 5.32 Å². The van der Waals surface area contributed by atoms with Gasteiger partial charge in [-0.15, -0.1) is 0 Å². The van der Waals surface area contributed by atoms with Gasteiger partial charge in [0.1, 0.15) is 11.6 Å². The first kappa shape index (κ1) is 18.8. The molecule has 0 radical (unpaired) electrons. The molecule has 0 bridgehead atoms. The van der Waals surface area contributed by atoms with Crippen LogP contribution in [0.4, 0.5) is 10.1 Å². The van der Waals surface area contributed by atoms with Gasteiger partial charge in [0.15, 0.2) is 6.61 Å². The van der Waals surface area contributed by atoms with Crippen molar-refractivity contribution in [1.82, 2.24) is 4.90 Å². The van der Waals surface area contributed by atoms with Crippen molar-refractivity contribution in [2.75, 3.05) is 31.6 Å². The monoisotopic (exact) mass is 371 g/mol. The van der Waals surface area contributed by atoms with Crippen molar-refractivity contribution < 1.29 is 18.7 Å². The van der Waals surface area contributed by atoms with E-state index in [1.54, 1.807) is 35.2 Å². The van der Waals surface area contributed by atoms with Gasteiger partial charge in [0, 0.05) is 13.1 Å². The summed E-state index contributed by atoms with van der Waals surface area (Å²) in [5.41, 5.74) is 6.17. The van der Waals surface area contributed by atoms with E-state index >= 15 is 0 Å². The lowest BCUT2D eigenvalue weighted by molar-refractivity contribution is -0.118. The van der Waals surface area contributed by atoms with Crippen LogP contribution in [0.25, 0.3) is 0 Å². The molecule has 2 aromatic carbocycles. The number of nitrogens with zero attached hydrogens (tertiary/aromatic N) is 1. The Morgan fingerprint density at radius 2 is 1.93 bits per heavy atom. The molecule has 1 heterocycles. The lowest BCUT2D eigenvalue weighted by atomic mass is 10.1. The average Bonchev–Trinajstić information content (AvgIpc) is 3.17. The quantitative estimate of drug-likeness (QED) is 0.816. The van der Waals surface area contributed by atoms with E-state index in [1.165, 1.54) is 18.2 Å². The second-order valence-electron chi connectivity index (χ2n) is 6.45. The van der Waals surface area contributed by atoms with E-state index in [-0.39, 0.29) is 18.2 Å². The Hall–Kier alpha value is -2.93. The topological polar surface area (TPSA) is 84.7 Å². The number of carbonyl (C=O) groups excluding carboxylic acids is 2. The number of carbonyl (C=O) groups is 2. The Morgan fingerprint density at radius 3 is 2.67 bits per heavy atom. The zero-order chi connectivity index (χ0) is 19.2. The summed E-state index contributed by atoms with van der Waals surface area (Å²) in [7, 11) is 0. The van der Waals surface area contributed by atoms with Crippen LogP contribution >= 0.6 is 0 Å². The predicted molar refractivity (Wildman–Crippen MR) is 100 cm³/mol. The highest BCUT2D eigenvalue weighted by molar-refractivity contribution is 5.97. The minimum atomic E-state index is -0.523. The summed E-state index contributed by atoms with van der Waals surface area (Å²) < 4.78 is 19.1. The Balaban J connectivity index is 1.63. The number of halogens is 1. The maximum atomic E-state index is 13.6. The molecule has 0 spiro atoms. The van der Waals surface area contributed by atoms with Gasteiger partial charge in [-0.25, -0.2) is 4.39 Å². The molecule has 3 N–H and O–H groups in total. The number of amides is 2. The molecule has 142 valence electrons. The number of nitrogens with two attached hydrogens (primary N) is 1. The summed E-state index contributed by atoms with van der Waals surface area (Å²) in [6, 6.07) is 12.7. The van der Waals surface area contributed by atoms with Gasteiger partial charge in [0.05, 0.1) is 11.3 Å². The lowest BCUT2D eigenvalue weighted by Crippen LogP contribution is -2.30. The maximum absolute atomic E-state index is 13.6. The van der Waals surface area contributed by atoms with Crippen molar-refractivity contribution in [3.63, 3.8) is 0 Å². The Kier molecular flexibility index (Phi) is 6.03. The van der Waals surface area contributed by atoms with Gasteiger partial charge in [0.2, 0.25) is 0 Å². The second-order valence-corrected chi connectivity index (χ2v) is 6.45. The minimum absolute atomic E-state index is 0.0837. The molecular weight excluding hydrogens is 349 g/mol. The van der Waals surface area contributed by atoms with Gasteiger partial charge in [0.25, 0.3) is 11.8 Å². The molecule has 6 nitrogen and oxygen atoms in total. The van der Waals surface area contributed by atoms with Crippen LogP contribution in [0.2, 0.25) is 0 Å². The van der Waals surface area contributed by atoms with E-state index in [0.29, 0.717) is 36.9 Å². The average molecular weight is 371 g/mol. The molecule has 1 atom stereocenters. The van der Waals surface area contributed by atoms with E-state index in [9.17, 15) is 14.0 Å². The molecule has 1 aliphatic rings. The van der Waals surface area contributed by atoms with Crippen LogP contribution < -0.4 is 15.8 Å². The molecule has 1 unspecified atom stereocenters. The summed E-state index contributed by atoms with van der Waals surface area (Å²) in [5, 5.41) is 2.45. The summed E-state index contributed by atoms with van der Waals surface area (Å²) in [6.07, 6.45) is 0.885. The van der Waals surface area contributed by atoms with Crippen molar-refractivity contribution in [2.45, 2.75) is 6.42 Å². The SMILES string of the molecule is NCC1CCN(C(=O)c2ccccc2OCC(=O)Nc2ccccc2F)C1. The van der Waals surface area contributed by atoms with Crippen LogP contribution in [0.3, 0.4) is 0 Å². The van der Waals surface area contributed by atoms with E-state index < -0.39 is 11.7 Å². The number of hydrogen-bond acceptors (Lipinski definition) is 4. The van der Waals surface area contributed by atoms with Crippen molar-refractivity contribution in [3.05, 3.63) is 59.9 Å². The lowest BCUT2D eigenvalue weighted by Gasteiger charge is -2.18. The molecule has 2 aromatic rings.